The van der Waals surface area contributed by atoms with E-state index >= 15 is 0 Å². The van der Waals surface area contributed by atoms with E-state index in [0.29, 0.717) is 0 Å². The number of pyridine rings is 1. The van der Waals surface area contributed by atoms with E-state index < -0.39 is 17.9 Å². The van der Waals surface area contributed by atoms with E-state index in [-0.39, 0.29) is 11.4 Å². The Morgan fingerprint density at radius 1 is 1.00 bits per heavy atom. The lowest BCUT2D eigenvalue weighted by Gasteiger charge is -2.28. The minimum absolute atomic E-state index is 0.199. The molecule has 2 aliphatic rings. The van der Waals surface area contributed by atoms with Gasteiger partial charge in [0.15, 0.2) is 0 Å². The van der Waals surface area contributed by atoms with Crippen molar-refractivity contribution in [1.82, 2.24) is 9.88 Å². The summed E-state index contributed by atoms with van der Waals surface area (Å²) in [6, 6.07) is 13.6. The van der Waals surface area contributed by atoms with Crippen molar-refractivity contribution in [2.24, 2.45) is 11.7 Å². The zero-order valence-corrected chi connectivity index (χ0v) is 21.4. The van der Waals surface area contributed by atoms with Gasteiger partial charge in [0.25, 0.3) is 0 Å². The highest BCUT2D eigenvalue weighted by Gasteiger charge is 2.35. The number of allylic oxidation sites excluding steroid dienone is 4. The second kappa shape index (κ2) is 11.5. The van der Waals surface area contributed by atoms with Crippen LogP contribution in [0.1, 0.15) is 30.0 Å². The van der Waals surface area contributed by atoms with E-state index in [1.807, 2.05) is 43.3 Å². The molecule has 0 saturated heterocycles. The number of nitrogens with zero attached hydrogens (tertiary/aromatic N) is 2. The summed E-state index contributed by atoms with van der Waals surface area (Å²) in [7, 11) is 1.93. The first-order chi connectivity index (χ1) is 17.7. The number of hydrogen-bond donors (Lipinski definition) is 1. The molecule has 0 bridgehead atoms. The van der Waals surface area contributed by atoms with Gasteiger partial charge in [-0.1, -0.05) is 67.6 Å². The van der Waals surface area contributed by atoms with Crippen molar-refractivity contribution in [3.05, 3.63) is 108 Å². The molecule has 1 aliphatic carbocycles. The minimum atomic E-state index is -4.22. The molecule has 3 nitrogen and oxygen atoms in total. The zero-order chi connectivity index (χ0) is 26.6. The largest absolute Gasteiger partial charge is 0.416 e. The number of aryl methyl sites for hydroxylation is 1. The van der Waals surface area contributed by atoms with Gasteiger partial charge in [-0.3, -0.25) is 4.98 Å². The Kier molecular flexibility index (Phi) is 8.39. The molecule has 3 unspecified atom stereocenters. The van der Waals surface area contributed by atoms with Gasteiger partial charge in [-0.15, -0.1) is 0 Å². The molecule has 1 aromatic heterocycles. The predicted molar refractivity (Wildman–Crippen MR) is 144 cm³/mol. The van der Waals surface area contributed by atoms with Crippen molar-refractivity contribution in [2.45, 2.75) is 37.6 Å². The van der Waals surface area contributed by atoms with Gasteiger partial charge in [-0.2, -0.15) is 13.2 Å². The molecule has 8 heteroatoms. The van der Waals surface area contributed by atoms with Gasteiger partial charge in [0, 0.05) is 35.4 Å². The summed E-state index contributed by atoms with van der Waals surface area (Å²) in [6.07, 6.45) is 7.34. The number of alkyl halides is 4. The summed E-state index contributed by atoms with van der Waals surface area (Å²) in [5, 5.41) is 2.21. The van der Waals surface area contributed by atoms with Crippen LogP contribution in [0.3, 0.4) is 0 Å². The van der Waals surface area contributed by atoms with Crippen LogP contribution in [0.4, 0.5) is 17.6 Å². The Hall–Kier alpha value is -3.10. The Balaban J connectivity index is 0.000000209. The third kappa shape index (κ3) is 6.25. The Morgan fingerprint density at radius 3 is 2.41 bits per heavy atom. The lowest BCUT2D eigenvalue weighted by Crippen LogP contribution is -2.35. The number of aromatic nitrogens is 1. The van der Waals surface area contributed by atoms with Crippen molar-refractivity contribution in [2.75, 3.05) is 7.05 Å². The van der Waals surface area contributed by atoms with Gasteiger partial charge >= 0.3 is 6.18 Å². The number of fused-ring (bicyclic) bond motifs is 1. The standard InChI is InChI=1S/C19H18FN3S.C10H11F3/c1-23-17(15-4-2-3-5-16(15)20)18(24-19(23)21)13-6-7-14-11-22-9-8-12(14)10-13;1-2-3-8-4-6-9(7-5-8)10(11,12)13/h2-11,15-16,19H,21H2,1H3;4-7H,2-3H2,1H3. The summed E-state index contributed by atoms with van der Waals surface area (Å²) in [5.74, 6) is -0.302. The number of rotatable bonds is 4. The van der Waals surface area contributed by atoms with Crippen LogP contribution in [-0.2, 0) is 12.6 Å². The predicted octanol–water partition coefficient (Wildman–Crippen LogP) is 7.56. The van der Waals surface area contributed by atoms with E-state index in [0.717, 1.165) is 57.5 Å². The summed E-state index contributed by atoms with van der Waals surface area (Å²) in [4.78, 5) is 7.19. The van der Waals surface area contributed by atoms with E-state index in [1.54, 1.807) is 30.1 Å². The van der Waals surface area contributed by atoms with Crippen LogP contribution in [0, 0.1) is 5.92 Å². The zero-order valence-electron chi connectivity index (χ0n) is 20.6. The molecule has 37 heavy (non-hydrogen) atoms. The van der Waals surface area contributed by atoms with Crippen LogP contribution in [-0.4, -0.2) is 28.6 Å². The fourth-order valence-corrected chi connectivity index (χ4v) is 5.53. The molecule has 0 amide bonds. The van der Waals surface area contributed by atoms with Gasteiger partial charge in [0.2, 0.25) is 0 Å². The molecule has 2 N–H and O–H groups in total. The van der Waals surface area contributed by atoms with Gasteiger partial charge in [-0.25, -0.2) is 4.39 Å². The van der Waals surface area contributed by atoms with Crippen molar-refractivity contribution >= 4 is 27.4 Å². The van der Waals surface area contributed by atoms with E-state index in [2.05, 4.69) is 23.2 Å². The average Bonchev–Trinajstić information content (AvgIpc) is 3.18. The van der Waals surface area contributed by atoms with Crippen LogP contribution in [0.25, 0.3) is 15.7 Å². The van der Waals surface area contributed by atoms with Crippen LogP contribution in [0.2, 0.25) is 0 Å². The summed E-state index contributed by atoms with van der Waals surface area (Å²) < 4.78 is 50.8. The van der Waals surface area contributed by atoms with Crippen molar-refractivity contribution in [3.8, 4) is 0 Å². The third-order valence-electron chi connectivity index (χ3n) is 6.34. The first-order valence-electron chi connectivity index (χ1n) is 12.1. The molecule has 0 saturated carbocycles. The maximum atomic E-state index is 14.5. The van der Waals surface area contributed by atoms with Gasteiger partial charge < -0.3 is 10.6 Å². The summed E-state index contributed by atoms with van der Waals surface area (Å²) in [5.41, 5.74) is 8.44. The van der Waals surface area contributed by atoms with Gasteiger partial charge in [0.1, 0.15) is 11.7 Å². The quantitative estimate of drug-likeness (QED) is 0.356. The average molecular weight is 528 g/mol. The summed E-state index contributed by atoms with van der Waals surface area (Å²) in [6.45, 7) is 2.00. The molecule has 0 spiro atoms. The SMILES string of the molecule is CCCc1ccc(C(F)(F)F)cc1.CN1C(C2C=CC=CC2F)=C(c2ccc3cnccc3c2)SC1N. The highest BCUT2D eigenvalue weighted by molar-refractivity contribution is 8.09. The molecule has 5 rings (SSSR count). The van der Waals surface area contributed by atoms with Crippen molar-refractivity contribution < 1.29 is 17.6 Å². The van der Waals surface area contributed by atoms with Crippen LogP contribution >= 0.6 is 11.8 Å². The van der Waals surface area contributed by atoms with Crippen molar-refractivity contribution in [3.63, 3.8) is 0 Å². The maximum Gasteiger partial charge on any atom is 0.416 e. The molecule has 194 valence electrons. The number of hydrogen-bond acceptors (Lipinski definition) is 4. The monoisotopic (exact) mass is 527 g/mol. The molecule has 0 radical (unpaired) electrons. The van der Waals surface area contributed by atoms with Crippen LogP contribution < -0.4 is 5.73 Å². The number of halogens is 4. The van der Waals surface area contributed by atoms with E-state index in [1.165, 1.54) is 12.1 Å². The topological polar surface area (TPSA) is 42.2 Å². The molecule has 3 atom stereocenters. The highest BCUT2D eigenvalue weighted by atomic mass is 32.2. The molecule has 3 aromatic rings. The van der Waals surface area contributed by atoms with E-state index in [9.17, 15) is 17.6 Å². The lowest BCUT2D eigenvalue weighted by atomic mass is 9.93. The minimum Gasteiger partial charge on any atom is -0.352 e. The van der Waals surface area contributed by atoms with Gasteiger partial charge in [-0.05, 0) is 53.3 Å². The van der Waals surface area contributed by atoms with Crippen LogP contribution in [0.5, 0.6) is 0 Å². The van der Waals surface area contributed by atoms with E-state index in [4.69, 9.17) is 5.73 Å². The van der Waals surface area contributed by atoms with Crippen LogP contribution in [0.15, 0.2) is 90.9 Å². The van der Waals surface area contributed by atoms with Gasteiger partial charge in [0.05, 0.1) is 11.5 Å². The van der Waals surface area contributed by atoms with Crippen molar-refractivity contribution in [1.29, 1.82) is 0 Å². The molecule has 1 aliphatic heterocycles. The Morgan fingerprint density at radius 2 is 1.73 bits per heavy atom. The smallest absolute Gasteiger partial charge is 0.352 e. The Bertz CT molecular complexity index is 1310. The second-order valence-corrected chi connectivity index (χ2v) is 10.1. The third-order valence-corrected chi connectivity index (χ3v) is 7.58. The first-order valence-corrected chi connectivity index (χ1v) is 13.0. The molecular formula is C29H29F4N3S. The number of nitrogens with two attached hydrogens (primary N) is 1. The molecule has 2 heterocycles. The summed E-state index contributed by atoms with van der Waals surface area (Å²) >= 11 is 1.58. The molecule has 2 aromatic carbocycles. The molecule has 0 fully saturated rings. The number of thioether (sulfide) groups is 1. The fourth-order valence-electron chi connectivity index (χ4n) is 4.36. The normalized spacial score (nSPS) is 21.4. The second-order valence-electron chi connectivity index (χ2n) is 8.96. The fraction of sp³-hybridized carbons (Fsp3) is 0.276. The first kappa shape index (κ1) is 26.9. The maximum absolute atomic E-state index is 14.5. The highest BCUT2D eigenvalue weighted by Crippen LogP contribution is 2.46. The molecular weight excluding hydrogens is 498 g/mol. The number of benzene rings is 2. The lowest BCUT2D eigenvalue weighted by molar-refractivity contribution is -0.137. The Labute approximate surface area is 218 Å².